The van der Waals surface area contributed by atoms with E-state index < -0.39 is 0 Å². The van der Waals surface area contributed by atoms with Crippen LogP contribution >= 0.6 is 0 Å². The topological polar surface area (TPSA) is 67.2 Å². The van der Waals surface area contributed by atoms with Crippen molar-refractivity contribution in [2.75, 3.05) is 6.54 Å². The van der Waals surface area contributed by atoms with E-state index in [0.29, 0.717) is 6.54 Å². The molecule has 2 heterocycles. The zero-order valence-corrected chi connectivity index (χ0v) is 16.9. The largest absolute Gasteiger partial charge is 0.350 e. The number of carbonyl (C=O) groups excluding carboxylic acids is 2. The van der Waals surface area contributed by atoms with Crippen molar-refractivity contribution in [1.82, 2.24) is 20.0 Å². The van der Waals surface area contributed by atoms with Gasteiger partial charge in [-0.3, -0.25) is 14.3 Å². The van der Waals surface area contributed by atoms with Crippen molar-refractivity contribution in [1.29, 1.82) is 0 Å². The lowest BCUT2D eigenvalue weighted by Gasteiger charge is -2.30. The molecular formula is C23H30N4O2. The molecule has 1 aromatic carbocycles. The number of carbonyl (C=O) groups is 2. The summed E-state index contributed by atoms with van der Waals surface area (Å²) in [6.07, 6.45) is 10.9. The number of aromatic nitrogens is 2. The summed E-state index contributed by atoms with van der Waals surface area (Å²) in [5, 5.41) is 7.26. The van der Waals surface area contributed by atoms with E-state index in [1.165, 1.54) is 12.0 Å². The molecule has 0 bridgehead atoms. The molecule has 1 aliphatic carbocycles. The molecule has 2 aromatic rings. The van der Waals surface area contributed by atoms with Gasteiger partial charge in [-0.2, -0.15) is 5.10 Å². The lowest BCUT2D eigenvalue weighted by atomic mass is 9.88. The van der Waals surface area contributed by atoms with Gasteiger partial charge < -0.3 is 10.2 Å². The minimum atomic E-state index is -0.302. The minimum absolute atomic E-state index is 0.0210. The van der Waals surface area contributed by atoms with Gasteiger partial charge in [-0.25, -0.2) is 0 Å². The van der Waals surface area contributed by atoms with E-state index in [0.717, 1.165) is 57.2 Å². The fraction of sp³-hybridized carbons (Fsp3) is 0.522. The van der Waals surface area contributed by atoms with Crippen LogP contribution in [0.15, 0.2) is 42.7 Å². The molecule has 154 valence electrons. The molecule has 2 amide bonds. The molecule has 1 aliphatic heterocycles. The third kappa shape index (κ3) is 4.86. The normalized spacial score (nSPS) is 20.0. The zero-order chi connectivity index (χ0) is 20.1. The lowest BCUT2D eigenvalue weighted by Crippen LogP contribution is -2.47. The molecule has 2 fully saturated rings. The summed E-state index contributed by atoms with van der Waals surface area (Å²) in [6, 6.07) is 9.82. The monoisotopic (exact) mass is 394 g/mol. The van der Waals surface area contributed by atoms with Gasteiger partial charge in [0.15, 0.2) is 0 Å². The Kier molecular flexibility index (Phi) is 6.27. The minimum Gasteiger partial charge on any atom is -0.350 e. The number of benzene rings is 1. The lowest BCUT2D eigenvalue weighted by molar-refractivity contribution is -0.142. The first kappa shape index (κ1) is 19.7. The van der Waals surface area contributed by atoms with Crippen LogP contribution in [0.1, 0.15) is 56.1 Å². The second-order valence-electron chi connectivity index (χ2n) is 8.26. The number of likely N-dealkylation sites (tertiary alicyclic amines) is 1. The van der Waals surface area contributed by atoms with Gasteiger partial charge in [0, 0.05) is 31.4 Å². The molecule has 1 saturated heterocycles. The van der Waals surface area contributed by atoms with E-state index in [4.69, 9.17) is 0 Å². The van der Waals surface area contributed by atoms with Gasteiger partial charge >= 0.3 is 0 Å². The van der Waals surface area contributed by atoms with Crippen LogP contribution in [-0.2, 0) is 22.7 Å². The van der Waals surface area contributed by atoms with Crippen LogP contribution in [0, 0.1) is 5.92 Å². The first-order valence-corrected chi connectivity index (χ1v) is 10.8. The summed E-state index contributed by atoms with van der Waals surface area (Å²) >= 11 is 0. The number of amides is 2. The van der Waals surface area contributed by atoms with E-state index in [1.807, 2.05) is 34.0 Å². The van der Waals surface area contributed by atoms with E-state index in [9.17, 15) is 9.59 Å². The predicted octanol–water partition coefficient (Wildman–Crippen LogP) is 3.12. The smallest absolute Gasteiger partial charge is 0.243 e. The standard InChI is InChI=1S/C23H30N4O2/c28-22(21-8-4-15-27(21)23(29)20-6-2-1-3-7-20)24-16-18-9-11-19(12-10-18)17-26-14-5-13-25-26/h5,9-14,20-21H,1-4,6-8,15-17H2,(H,24,28)/t21-/m1/s1. The molecule has 29 heavy (non-hydrogen) atoms. The third-order valence-corrected chi connectivity index (χ3v) is 6.19. The van der Waals surface area contributed by atoms with E-state index >= 15 is 0 Å². The molecule has 1 saturated carbocycles. The van der Waals surface area contributed by atoms with Gasteiger partial charge in [-0.05, 0) is 42.9 Å². The number of rotatable bonds is 6. The molecule has 0 radical (unpaired) electrons. The molecule has 0 unspecified atom stereocenters. The third-order valence-electron chi connectivity index (χ3n) is 6.19. The van der Waals surface area contributed by atoms with Crippen LogP contribution in [0.4, 0.5) is 0 Å². The molecular weight excluding hydrogens is 364 g/mol. The number of nitrogens with one attached hydrogen (secondary N) is 1. The van der Waals surface area contributed by atoms with Crippen molar-refractivity contribution in [3.8, 4) is 0 Å². The quantitative estimate of drug-likeness (QED) is 0.819. The van der Waals surface area contributed by atoms with Crippen LogP contribution in [-0.4, -0.2) is 39.1 Å². The fourth-order valence-electron chi connectivity index (χ4n) is 4.54. The van der Waals surface area contributed by atoms with Crippen LogP contribution < -0.4 is 5.32 Å². The Labute approximate surface area is 172 Å². The van der Waals surface area contributed by atoms with Crippen molar-refractivity contribution in [2.45, 2.75) is 64.1 Å². The summed E-state index contributed by atoms with van der Waals surface area (Å²) in [5.41, 5.74) is 2.23. The van der Waals surface area contributed by atoms with E-state index in [2.05, 4.69) is 22.5 Å². The molecule has 1 N–H and O–H groups in total. The van der Waals surface area contributed by atoms with E-state index in [-0.39, 0.29) is 23.8 Å². The Hall–Kier alpha value is -2.63. The maximum absolute atomic E-state index is 12.9. The average molecular weight is 395 g/mol. The van der Waals surface area contributed by atoms with Gasteiger partial charge in [0.05, 0.1) is 6.54 Å². The van der Waals surface area contributed by atoms with Crippen LogP contribution in [0.25, 0.3) is 0 Å². The Bertz CT molecular complexity index is 810. The highest BCUT2D eigenvalue weighted by molar-refractivity contribution is 5.89. The maximum Gasteiger partial charge on any atom is 0.243 e. The second kappa shape index (κ2) is 9.25. The van der Waals surface area contributed by atoms with Gasteiger partial charge in [0.1, 0.15) is 6.04 Å². The number of hydrogen-bond donors (Lipinski definition) is 1. The highest BCUT2D eigenvalue weighted by Crippen LogP contribution is 2.28. The van der Waals surface area contributed by atoms with Gasteiger partial charge in [-0.15, -0.1) is 0 Å². The zero-order valence-electron chi connectivity index (χ0n) is 16.9. The van der Waals surface area contributed by atoms with Crippen molar-refractivity contribution in [3.63, 3.8) is 0 Å². The Balaban J connectivity index is 1.29. The highest BCUT2D eigenvalue weighted by Gasteiger charge is 2.37. The molecule has 1 atom stereocenters. The first-order valence-electron chi connectivity index (χ1n) is 10.8. The van der Waals surface area contributed by atoms with Crippen molar-refractivity contribution in [2.24, 2.45) is 5.92 Å². The summed E-state index contributed by atoms with van der Waals surface area (Å²) in [5.74, 6) is 0.303. The van der Waals surface area contributed by atoms with Crippen LogP contribution in [0.3, 0.4) is 0 Å². The molecule has 6 heteroatoms. The maximum atomic E-state index is 12.9. The summed E-state index contributed by atoms with van der Waals surface area (Å²) in [7, 11) is 0. The molecule has 2 aliphatic rings. The Morgan fingerprint density at radius 3 is 2.48 bits per heavy atom. The SMILES string of the molecule is O=C(NCc1ccc(Cn2cccn2)cc1)[C@H]1CCCN1C(=O)C1CCCCC1. The van der Waals surface area contributed by atoms with Crippen molar-refractivity contribution in [3.05, 3.63) is 53.9 Å². The molecule has 1 aromatic heterocycles. The molecule has 0 spiro atoms. The fourth-order valence-corrected chi connectivity index (χ4v) is 4.54. The van der Waals surface area contributed by atoms with Crippen molar-refractivity contribution >= 4 is 11.8 Å². The molecule has 4 rings (SSSR count). The number of hydrogen-bond acceptors (Lipinski definition) is 3. The van der Waals surface area contributed by atoms with Gasteiger partial charge in [-0.1, -0.05) is 43.5 Å². The second-order valence-corrected chi connectivity index (χ2v) is 8.26. The summed E-state index contributed by atoms with van der Waals surface area (Å²) in [6.45, 7) is 1.94. The van der Waals surface area contributed by atoms with Crippen LogP contribution in [0.5, 0.6) is 0 Å². The number of nitrogens with zero attached hydrogens (tertiary/aromatic N) is 3. The van der Waals surface area contributed by atoms with Gasteiger partial charge in [0.2, 0.25) is 11.8 Å². The Morgan fingerprint density at radius 2 is 1.76 bits per heavy atom. The van der Waals surface area contributed by atoms with E-state index in [1.54, 1.807) is 6.20 Å². The first-order chi connectivity index (χ1) is 14.2. The van der Waals surface area contributed by atoms with Crippen molar-refractivity contribution < 1.29 is 9.59 Å². The van der Waals surface area contributed by atoms with Crippen LogP contribution in [0.2, 0.25) is 0 Å². The summed E-state index contributed by atoms with van der Waals surface area (Å²) in [4.78, 5) is 27.5. The average Bonchev–Trinajstić information content (AvgIpc) is 3.45. The molecule has 6 nitrogen and oxygen atoms in total. The highest BCUT2D eigenvalue weighted by atomic mass is 16.2. The summed E-state index contributed by atoms with van der Waals surface area (Å²) < 4.78 is 1.88. The van der Waals surface area contributed by atoms with Gasteiger partial charge in [0.25, 0.3) is 0 Å². The Morgan fingerprint density at radius 1 is 1.00 bits per heavy atom. The predicted molar refractivity (Wildman–Crippen MR) is 111 cm³/mol.